The van der Waals surface area contributed by atoms with Gasteiger partial charge in [0.25, 0.3) is 6.47 Å². The summed E-state index contributed by atoms with van der Waals surface area (Å²) in [6.45, 7) is 20.5. The number of carbonyl (C=O) groups is 4. The van der Waals surface area contributed by atoms with Crippen LogP contribution in [0.2, 0.25) is 0 Å². The highest BCUT2D eigenvalue weighted by Crippen LogP contribution is 2.23. The van der Waals surface area contributed by atoms with Gasteiger partial charge in [-0.3, -0.25) is 19.2 Å². The molecule has 2 amide bonds. The smallest absolute Gasteiger partial charge is 0.306 e. The molecule has 2 rings (SSSR count). The van der Waals surface area contributed by atoms with Crippen molar-refractivity contribution in [3.8, 4) is 12.8 Å². The molecule has 0 aromatic rings. The van der Waals surface area contributed by atoms with Gasteiger partial charge in [-0.05, 0) is 66.2 Å². The predicted molar refractivity (Wildman–Crippen MR) is 154 cm³/mol. The fourth-order valence-electron chi connectivity index (χ4n) is 3.21. The average molecular weight is 537 g/mol. The first-order valence-corrected chi connectivity index (χ1v) is 13.4. The number of esters is 1. The highest BCUT2D eigenvalue weighted by Gasteiger charge is 2.36. The quantitative estimate of drug-likeness (QED) is 0.125. The Morgan fingerprint density at radius 2 is 1.66 bits per heavy atom. The van der Waals surface area contributed by atoms with Crippen molar-refractivity contribution in [2.24, 2.45) is 0 Å². The second-order valence-corrected chi connectivity index (χ2v) is 9.45. The monoisotopic (exact) mass is 536 g/mol. The van der Waals surface area contributed by atoms with Crippen LogP contribution in [0.15, 0.2) is 25.8 Å². The standard InChI is InChI=1S/C16H26N2O4.C7H14.C3H6O2.C2H4.C2H2/c1-16(2,3)22-14(20)9-8-13(19)18-10-4-5-12(18)15(21)17-11-6-7-11;1-3-5-7-6-4-2;1-2-5-3-4;2*1-2/h11-12H,4-10H2,1-3H3,(H,17,21);3H,1,4-7H2,2H3;3H,2H2,1H3;1-2H2;1-2H/t12-;;;;/m0..../s1. The molecule has 1 saturated carbocycles. The summed E-state index contributed by atoms with van der Waals surface area (Å²) in [5.41, 5.74) is -0.541. The summed E-state index contributed by atoms with van der Waals surface area (Å²) in [5.74, 6) is -0.566. The molecule has 1 atom stereocenters. The minimum Gasteiger partial charge on any atom is -0.468 e. The maximum absolute atomic E-state index is 12.3. The molecule has 0 aromatic heterocycles. The van der Waals surface area contributed by atoms with E-state index in [1.807, 2.05) is 6.08 Å². The average Bonchev–Trinajstić information content (AvgIpc) is 3.56. The van der Waals surface area contributed by atoms with E-state index in [-0.39, 0.29) is 36.7 Å². The Kier molecular flexibility index (Phi) is 26.5. The van der Waals surface area contributed by atoms with Crippen molar-refractivity contribution < 1.29 is 28.7 Å². The number of unbranched alkanes of at least 4 members (excludes halogenated alkanes) is 3. The first-order chi connectivity index (χ1) is 18.1. The summed E-state index contributed by atoms with van der Waals surface area (Å²) < 4.78 is 9.35. The molecule has 1 heterocycles. The summed E-state index contributed by atoms with van der Waals surface area (Å²) in [4.78, 5) is 46.9. The van der Waals surface area contributed by atoms with Crippen molar-refractivity contribution in [1.29, 1.82) is 0 Å². The Balaban J connectivity index is -0.000000633. The molecule has 1 aliphatic heterocycles. The zero-order valence-electron chi connectivity index (χ0n) is 24.5. The van der Waals surface area contributed by atoms with Crippen LogP contribution in [0.3, 0.4) is 0 Å². The largest absolute Gasteiger partial charge is 0.468 e. The summed E-state index contributed by atoms with van der Waals surface area (Å²) >= 11 is 0. The topological polar surface area (TPSA) is 102 Å². The van der Waals surface area contributed by atoms with Gasteiger partial charge < -0.3 is 19.7 Å². The van der Waals surface area contributed by atoms with E-state index in [9.17, 15) is 19.2 Å². The van der Waals surface area contributed by atoms with E-state index in [1.165, 1.54) is 25.7 Å². The van der Waals surface area contributed by atoms with E-state index in [0.29, 0.717) is 32.1 Å². The van der Waals surface area contributed by atoms with Crippen LogP contribution in [0.25, 0.3) is 0 Å². The van der Waals surface area contributed by atoms with Crippen LogP contribution < -0.4 is 5.32 Å². The van der Waals surface area contributed by atoms with E-state index in [2.05, 4.69) is 49.6 Å². The second kappa shape index (κ2) is 25.6. The first-order valence-electron chi connectivity index (χ1n) is 13.4. The Morgan fingerprint density at radius 1 is 1.05 bits per heavy atom. The fraction of sp³-hybridized carbons (Fsp3) is 0.667. The molecule has 1 aliphatic carbocycles. The van der Waals surface area contributed by atoms with Crippen molar-refractivity contribution in [2.45, 2.75) is 117 Å². The minimum absolute atomic E-state index is 0.0504. The van der Waals surface area contributed by atoms with E-state index in [1.54, 1.807) is 32.6 Å². The van der Waals surface area contributed by atoms with Gasteiger partial charge in [-0.2, -0.15) is 0 Å². The Bertz CT molecular complexity index is 680. The molecule has 0 unspecified atom stereocenters. The van der Waals surface area contributed by atoms with Crippen LogP contribution in [0.5, 0.6) is 0 Å². The molecule has 0 aromatic carbocycles. The molecule has 38 heavy (non-hydrogen) atoms. The van der Waals surface area contributed by atoms with Gasteiger partial charge in [0.2, 0.25) is 11.8 Å². The van der Waals surface area contributed by atoms with E-state index < -0.39 is 5.60 Å². The van der Waals surface area contributed by atoms with Crippen LogP contribution in [-0.2, 0) is 28.7 Å². The predicted octanol–water partition coefficient (Wildman–Crippen LogP) is 5.36. The van der Waals surface area contributed by atoms with Crippen molar-refractivity contribution in [2.75, 3.05) is 13.2 Å². The Morgan fingerprint density at radius 3 is 2.08 bits per heavy atom. The number of rotatable bonds is 11. The van der Waals surface area contributed by atoms with Gasteiger partial charge in [0, 0.05) is 19.0 Å². The van der Waals surface area contributed by atoms with Gasteiger partial charge >= 0.3 is 5.97 Å². The van der Waals surface area contributed by atoms with Crippen molar-refractivity contribution in [3.05, 3.63) is 25.8 Å². The lowest BCUT2D eigenvalue weighted by Crippen LogP contribution is -2.46. The highest BCUT2D eigenvalue weighted by atomic mass is 16.6. The fourth-order valence-corrected chi connectivity index (χ4v) is 3.21. The lowest BCUT2D eigenvalue weighted by molar-refractivity contribution is -0.156. The third kappa shape index (κ3) is 23.3. The normalized spacial score (nSPS) is 15.1. The third-order valence-corrected chi connectivity index (χ3v) is 5.01. The summed E-state index contributed by atoms with van der Waals surface area (Å²) in [6.07, 6.45) is 18.9. The number of ether oxygens (including phenoxy) is 2. The van der Waals surface area contributed by atoms with E-state index in [0.717, 1.165) is 19.3 Å². The van der Waals surface area contributed by atoms with Crippen LogP contribution in [0, 0.1) is 12.8 Å². The molecule has 0 radical (unpaired) electrons. The number of nitrogens with zero attached hydrogens (tertiary/aromatic N) is 1. The maximum Gasteiger partial charge on any atom is 0.306 e. The molecular formula is C30H52N2O6. The van der Waals surface area contributed by atoms with Crippen LogP contribution >= 0.6 is 0 Å². The third-order valence-electron chi connectivity index (χ3n) is 5.01. The SMILES string of the molecule is C#C.C=C.C=CCCCCC.CC(C)(C)OC(=O)CCC(=O)N1CCC[C@H]1C(=O)NC1CC1.CCOC=O. The zero-order chi connectivity index (χ0) is 30.0. The zero-order valence-corrected chi connectivity index (χ0v) is 24.5. The lowest BCUT2D eigenvalue weighted by Gasteiger charge is -2.24. The number of hydrogen-bond donors (Lipinski definition) is 1. The van der Waals surface area contributed by atoms with Gasteiger partial charge in [0.1, 0.15) is 11.6 Å². The van der Waals surface area contributed by atoms with Crippen LogP contribution in [-0.4, -0.2) is 60.0 Å². The van der Waals surface area contributed by atoms with E-state index in [4.69, 9.17) is 4.74 Å². The van der Waals surface area contributed by atoms with Crippen LogP contribution in [0.4, 0.5) is 0 Å². The van der Waals surface area contributed by atoms with Crippen molar-refractivity contribution in [3.63, 3.8) is 0 Å². The summed E-state index contributed by atoms with van der Waals surface area (Å²) in [6, 6.07) is -0.0708. The highest BCUT2D eigenvalue weighted by molar-refractivity contribution is 5.89. The van der Waals surface area contributed by atoms with Gasteiger partial charge in [-0.25, -0.2) is 0 Å². The molecule has 1 saturated heterocycles. The molecule has 218 valence electrons. The van der Waals surface area contributed by atoms with Gasteiger partial charge in [0.15, 0.2) is 0 Å². The van der Waals surface area contributed by atoms with Gasteiger partial charge in [-0.15, -0.1) is 32.6 Å². The molecular weight excluding hydrogens is 484 g/mol. The number of allylic oxidation sites excluding steroid dienone is 1. The molecule has 0 spiro atoms. The Hall–Kier alpha value is -3.08. The first kappa shape index (κ1) is 39.4. The molecule has 8 nitrogen and oxygen atoms in total. The second-order valence-electron chi connectivity index (χ2n) is 9.45. The van der Waals surface area contributed by atoms with Crippen LogP contribution in [0.1, 0.15) is 98.8 Å². The molecule has 2 aliphatic rings. The van der Waals surface area contributed by atoms with Crippen molar-refractivity contribution in [1.82, 2.24) is 10.2 Å². The van der Waals surface area contributed by atoms with Gasteiger partial charge in [-0.1, -0.05) is 25.8 Å². The number of likely N-dealkylation sites (tertiary alicyclic amines) is 1. The number of carbonyl (C=O) groups excluding carboxylic acids is 4. The Labute approximate surface area is 231 Å². The number of nitrogens with one attached hydrogen (secondary N) is 1. The number of hydrogen-bond acceptors (Lipinski definition) is 6. The summed E-state index contributed by atoms with van der Waals surface area (Å²) in [5, 5.41) is 2.95. The number of amides is 2. The molecule has 1 N–H and O–H groups in total. The lowest BCUT2D eigenvalue weighted by atomic mass is 10.1. The molecule has 0 bridgehead atoms. The summed E-state index contributed by atoms with van der Waals surface area (Å²) in [7, 11) is 0. The minimum atomic E-state index is -0.541. The molecule has 2 fully saturated rings. The molecule has 8 heteroatoms. The maximum atomic E-state index is 12.3. The van der Waals surface area contributed by atoms with Crippen molar-refractivity contribution >= 4 is 24.3 Å². The van der Waals surface area contributed by atoms with E-state index >= 15 is 0 Å². The number of terminal acetylenes is 1. The van der Waals surface area contributed by atoms with Gasteiger partial charge in [0.05, 0.1) is 13.0 Å².